The number of hydrogen-bond donors (Lipinski definition) is 2. The molecule has 0 unspecified atom stereocenters. The van der Waals surface area contributed by atoms with Gasteiger partial charge in [0, 0.05) is 19.6 Å². The minimum atomic E-state index is -0.205. The molecule has 0 radical (unpaired) electrons. The second kappa shape index (κ2) is 9.32. The Hall–Kier alpha value is -2.67. The number of aromatic nitrogens is 2. The SMILES string of the molecule is O=C(CNC(=O)[C@@H]1CCCN(c2ccc(Cl)nn2)C1)NCc1ccccc1. The van der Waals surface area contributed by atoms with Gasteiger partial charge in [-0.05, 0) is 30.5 Å². The zero-order valence-corrected chi connectivity index (χ0v) is 15.7. The molecule has 8 heteroatoms. The molecule has 3 rings (SSSR count). The number of carbonyl (C=O) groups excluding carboxylic acids is 2. The molecule has 1 atom stereocenters. The smallest absolute Gasteiger partial charge is 0.239 e. The van der Waals surface area contributed by atoms with Crippen LogP contribution in [-0.2, 0) is 16.1 Å². The molecule has 7 nitrogen and oxygen atoms in total. The van der Waals surface area contributed by atoms with Gasteiger partial charge in [-0.15, -0.1) is 10.2 Å². The molecule has 2 heterocycles. The topological polar surface area (TPSA) is 87.2 Å². The van der Waals surface area contributed by atoms with Crippen LogP contribution in [0.5, 0.6) is 0 Å². The highest BCUT2D eigenvalue weighted by molar-refractivity contribution is 6.29. The van der Waals surface area contributed by atoms with E-state index in [0.29, 0.717) is 24.1 Å². The minimum absolute atomic E-state index is 0.0249. The molecular formula is C19H22ClN5O2. The Balaban J connectivity index is 1.44. The highest BCUT2D eigenvalue weighted by atomic mass is 35.5. The number of benzene rings is 1. The predicted molar refractivity (Wildman–Crippen MR) is 103 cm³/mol. The molecule has 2 amide bonds. The molecule has 0 aliphatic carbocycles. The lowest BCUT2D eigenvalue weighted by molar-refractivity contribution is -0.128. The third kappa shape index (κ3) is 5.65. The lowest BCUT2D eigenvalue weighted by Crippen LogP contribution is -2.45. The summed E-state index contributed by atoms with van der Waals surface area (Å²) in [6.07, 6.45) is 1.66. The Morgan fingerprint density at radius 2 is 1.93 bits per heavy atom. The van der Waals surface area contributed by atoms with Gasteiger partial charge in [0.15, 0.2) is 11.0 Å². The van der Waals surface area contributed by atoms with Crippen molar-refractivity contribution in [3.05, 3.63) is 53.2 Å². The third-order valence-electron chi connectivity index (χ3n) is 4.49. The summed E-state index contributed by atoms with van der Waals surface area (Å²) in [4.78, 5) is 26.4. The van der Waals surface area contributed by atoms with E-state index in [1.54, 1.807) is 12.1 Å². The Labute approximate surface area is 163 Å². The third-order valence-corrected chi connectivity index (χ3v) is 4.69. The van der Waals surface area contributed by atoms with Crippen molar-refractivity contribution in [3.8, 4) is 0 Å². The van der Waals surface area contributed by atoms with Crippen molar-refractivity contribution in [2.75, 3.05) is 24.5 Å². The average molecular weight is 388 g/mol. The second-order valence-corrected chi connectivity index (χ2v) is 6.87. The van der Waals surface area contributed by atoms with Crippen LogP contribution in [0.4, 0.5) is 5.82 Å². The molecule has 1 aliphatic rings. The lowest BCUT2D eigenvalue weighted by atomic mass is 9.97. The highest BCUT2D eigenvalue weighted by Gasteiger charge is 2.26. The quantitative estimate of drug-likeness (QED) is 0.788. The molecule has 1 fully saturated rings. The number of carbonyl (C=O) groups is 2. The first kappa shape index (κ1) is 19.1. The Kier molecular flexibility index (Phi) is 6.59. The van der Waals surface area contributed by atoms with Crippen LogP contribution in [0.3, 0.4) is 0 Å². The number of halogens is 1. The van der Waals surface area contributed by atoms with Gasteiger partial charge in [0.05, 0.1) is 12.5 Å². The molecule has 0 saturated carbocycles. The number of nitrogens with one attached hydrogen (secondary N) is 2. The number of hydrogen-bond acceptors (Lipinski definition) is 5. The van der Waals surface area contributed by atoms with E-state index >= 15 is 0 Å². The molecule has 1 saturated heterocycles. The summed E-state index contributed by atoms with van der Waals surface area (Å²) in [5.41, 5.74) is 1.02. The van der Waals surface area contributed by atoms with Crippen LogP contribution in [0.15, 0.2) is 42.5 Å². The molecule has 1 aliphatic heterocycles. The summed E-state index contributed by atoms with van der Waals surface area (Å²) in [7, 11) is 0. The van der Waals surface area contributed by atoms with E-state index in [1.165, 1.54) is 0 Å². The van der Waals surface area contributed by atoms with E-state index in [9.17, 15) is 9.59 Å². The van der Waals surface area contributed by atoms with Crippen molar-refractivity contribution in [2.45, 2.75) is 19.4 Å². The van der Waals surface area contributed by atoms with Crippen LogP contribution in [0.1, 0.15) is 18.4 Å². The van der Waals surface area contributed by atoms with Gasteiger partial charge in [0.1, 0.15) is 0 Å². The van der Waals surface area contributed by atoms with Gasteiger partial charge in [-0.2, -0.15) is 0 Å². The van der Waals surface area contributed by atoms with E-state index in [-0.39, 0.29) is 24.3 Å². The van der Waals surface area contributed by atoms with Crippen LogP contribution >= 0.6 is 11.6 Å². The molecule has 0 spiro atoms. The molecule has 1 aromatic heterocycles. The Morgan fingerprint density at radius 3 is 2.67 bits per heavy atom. The van der Waals surface area contributed by atoms with E-state index in [4.69, 9.17) is 11.6 Å². The standard InChI is InChI=1S/C19H22ClN5O2/c20-16-8-9-17(24-23-16)25-10-4-7-15(13-25)19(27)22-12-18(26)21-11-14-5-2-1-3-6-14/h1-3,5-6,8-9,15H,4,7,10-13H2,(H,21,26)(H,22,27)/t15-/m1/s1. The molecular weight excluding hydrogens is 366 g/mol. The molecule has 2 aromatic rings. The van der Waals surface area contributed by atoms with Gasteiger partial charge in [-0.3, -0.25) is 9.59 Å². The molecule has 142 valence electrons. The molecule has 0 bridgehead atoms. The summed E-state index contributed by atoms with van der Waals surface area (Å²) in [6.45, 7) is 1.79. The van der Waals surface area contributed by atoms with Crippen molar-refractivity contribution < 1.29 is 9.59 Å². The summed E-state index contributed by atoms with van der Waals surface area (Å²) in [5.74, 6) is 0.204. The Morgan fingerprint density at radius 1 is 1.11 bits per heavy atom. The Bertz CT molecular complexity index is 769. The summed E-state index contributed by atoms with van der Waals surface area (Å²) in [6, 6.07) is 13.1. The molecule has 1 aromatic carbocycles. The van der Waals surface area contributed by atoms with Crippen molar-refractivity contribution in [3.63, 3.8) is 0 Å². The van der Waals surface area contributed by atoms with Crippen molar-refractivity contribution in [2.24, 2.45) is 5.92 Å². The zero-order valence-electron chi connectivity index (χ0n) is 14.9. The van der Waals surface area contributed by atoms with E-state index in [0.717, 1.165) is 24.9 Å². The van der Waals surface area contributed by atoms with Gasteiger partial charge in [-0.1, -0.05) is 41.9 Å². The van der Waals surface area contributed by atoms with Crippen LogP contribution < -0.4 is 15.5 Å². The number of rotatable bonds is 6. The average Bonchev–Trinajstić information content (AvgIpc) is 2.72. The fourth-order valence-corrected chi connectivity index (χ4v) is 3.15. The van der Waals surface area contributed by atoms with Crippen LogP contribution in [-0.4, -0.2) is 41.6 Å². The summed E-state index contributed by atoms with van der Waals surface area (Å²) < 4.78 is 0. The predicted octanol–water partition coefficient (Wildman–Crippen LogP) is 1.78. The van der Waals surface area contributed by atoms with E-state index in [2.05, 4.69) is 20.8 Å². The van der Waals surface area contributed by atoms with Gasteiger partial charge < -0.3 is 15.5 Å². The second-order valence-electron chi connectivity index (χ2n) is 6.48. The summed E-state index contributed by atoms with van der Waals surface area (Å²) >= 11 is 5.77. The molecule has 2 N–H and O–H groups in total. The number of nitrogens with zero attached hydrogens (tertiary/aromatic N) is 3. The first-order valence-electron chi connectivity index (χ1n) is 8.94. The minimum Gasteiger partial charge on any atom is -0.354 e. The van der Waals surface area contributed by atoms with E-state index < -0.39 is 0 Å². The van der Waals surface area contributed by atoms with Gasteiger partial charge >= 0.3 is 0 Å². The zero-order chi connectivity index (χ0) is 19.1. The van der Waals surface area contributed by atoms with Crippen molar-refractivity contribution in [1.82, 2.24) is 20.8 Å². The van der Waals surface area contributed by atoms with Crippen LogP contribution in [0, 0.1) is 5.92 Å². The normalized spacial score (nSPS) is 16.6. The first-order chi connectivity index (χ1) is 13.1. The maximum Gasteiger partial charge on any atom is 0.239 e. The van der Waals surface area contributed by atoms with Gasteiger partial charge in [-0.25, -0.2) is 0 Å². The highest BCUT2D eigenvalue weighted by Crippen LogP contribution is 2.21. The first-order valence-corrected chi connectivity index (χ1v) is 9.32. The van der Waals surface area contributed by atoms with Crippen molar-refractivity contribution >= 4 is 29.2 Å². The molecule has 27 heavy (non-hydrogen) atoms. The number of piperidine rings is 1. The maximum absolute atomic E-state index is 12.4. The largest absolute Gasteiger partial charge is 0.354 e. The summed E-state index contributed by atoms with van der Waals surface area (Å²) in [5, 5.41) is 13.8. The van der Waals surface area contributed by atoms with Gasteiger partial charge in [0.2, 0.25) is 11.8 Å². The number of anilines is 1. The maximum atomic E-state index is 12.4. The van der Waals surface area contributed by atoms with Gasteiger partial charge in [0.25, 0.3) is 0 Å². The van der Waals surface area contributed by atoms with Crippen LogP contribution in [0.2, 0.25) is 5.15 Å². The monoisotopic (exact) mass is 387 g/mol. The van der Waals surface area contributed by atoms with Crippen molar-refractivity contribution in [1.29, 1.82) is 0 Å². The number of amides is 2. The fourth-order valence-electron chi connectivity index (χ4n) is 3.05. The lowest BCUT2D eigenvalue weighted by Gasteiger charge is -2.32. The van der Waals surface area contributed by atoms with Crippen LogP contribution in [0.25, 0.3) is 0 Å². The fraction of sp³-hybridized carbons (Fsp3) is 0.368. The van der Waals surface area contributed by atoms with E-state index in [1.807, 2.05) is 35.2 Å².